The highest BCUT2D eigenvalue weighted by atomic mass is 16.2. The van der Waals surface area contributed by atoms with Crippen molar-refractivity contribution >= 4 is 11.8 Å². The van der Waals surface area contributed by atoms with Gasteiger partial charge in [-0.05, 0) is 37.5 Å². The molecule has 0 aromatic heterocycles. The van der Waals surface area contributed by atoms with Gasteiger partial charge in [-0.15, -0.1) is 0 Å². The number of benzene rings is 1. The van der Waals surface area contributed by atoms with Crippen LogP contribution in [0.5, 0.6) is 0 Å². The Morgan fingerprint density at radius 1 is 1.09 bits per heavy atom. The van der Waals surface area contributed by atoms with Crippen LogP contribution in [0.25, 0.3) is 0 Å². The molecule has 2 rings (SSSR count). The second-order valence-electron chi connectivity index (χ2n) is 6.24. The summed E-state index contributed by atoms with van der Waals surface area (Å²) in [6.45, 7) is 6.41. The van der Waals surface area contributed by atoms with E-state index in [2.05, 4.69) is 6.92 Å². The van der Waals surface area contributed by atoms with E-state index < -0.39 is 0 Å². The molecule has 0 bridgehead atoms. The van der Waals surface area contributed by atoms with Crippen molar-refractivity contribution in [3.63, 3.8) is 0 Å². The molecule has 23 heavy (non-hydrogen) atoms. The first-order valence-electron chi connectivity index (χ1n) is 8.42. The second kappa shape index (κ2) is 8.11. The Kier molecular flexibility index (Phi) is 6.16. The molecule has 0 saturated carbocycles. The van der Waals surface area contributed by atoms with Crippen molar-refractivity contribution in [2.45, 2.75) is 39.2 Å². The zero-order chi connectivity index (χ0) is 16.8. The van der Waals surface area contributed by atoms with Crippen LogP contribution >= 0.6 is 0 Å². The molecule has 1 aliphatic rings. The average molecular weight is 317 g/mol. The molecule has 5 nitrogen and oxygen atoms in total. The van der Waals surface area contributed by atoms with Gasteiger partial charge in [-0.1, -0.05) is 19.1 Å². The highest BCUT2D eigenvalue weighted by Crippen LogP contribution is 2.12. The summed E-state index contributed by atoms with van der Waals surface area (Å²) in [5.41, 5.74) is 7.64. The summed E-state index contributed by atoms with van der Waals surface area (Å²) in [7, 11) is 0. The smallest absolute Gasteiger partial charge is 0.253 e. The van der Waals surface area contributed by atoms with Crippen LogP contribution in [-0.2, 0) is 11.2 Å². The van der Waals surface area contributed by atoms with Crippen LogP contribution in [0.3, 0.4) is 0 Å². The first-order chi connectivity index (χ1) is 11.0. The van der Waals surface area contributed by atoms with Gasteiger partial charge in [-0.3, -0.25) is 9.59 Å². The number of rotatable bonds is 5. The van der Waals surface area contributed by atoms with E-state index in [0.29, 0.717) is 39.0 Å². The fourth-order valence-corrected chi connectivity index (χ4v) is 2.73. The van der Waals surface area contributed by atoms with E-state index >= 15 is 0 Å². The van der Waals surface area contributed by atoms with Gasteiger partial charge in [-0.25, -0.2) is 0 Å². The number of piperazine rings is 1. The second-order valence-corrected chi connectivity index (χ2v) is 6.24. The van der Waals surface area contributed by atoms with Crippen LogP contribution in [0.15, 0.2) is 24.3 Å². The Hall–Kier alpha value is -1.88. The SMILES string of the molecule is CCc1ccc(C(=O)N2CCN(C(=O)CCC(C)N)CC2)cc1. The van der Waals surface area contributed by atoms with Crippen LogP contribution in [0.2, 0.25) is 0 Å². The standard InChI is InChI=1S/C18H27N3O2/c1-3-15-5-7-16(8-6-15)18(23)21-12-10-20(11-13-21)17(22)9-4-14(2)19/h5-8,14H,3-4,9-13,19H2,1-2H3. The molecule has 0 aliphatic carbocycles. The van der Waals surface area contributed by atoms with Crippen molar-refractivity contribution in [3.8, 4) is 0 Å². The van der Waals surface area contributed by atoms with Crippen LogP contribution in [0.1, 0.15) is 42.6 Å². The first kappa shape index (κ1) is 17.5. The van der Waals surface area contributed by atoms with Crippen LogP contribution in [0.4, 0.5) is 0 Å². The van der Waals surface area contributed by atoms with Gasteiger partial charge in [-0.2, -0.15) is 0 Å². The quantitative estimate of drug-likeness (QED) is 0.898. The van der Waals surface area contributed by atoms with Crippen molar-refractivity contribution < 1.29 is 9.59 Å². The van der Waals surface area contributed by atoms with Gasteiger partial charge in [0.15, 0.2) is 0 Å². The summed E-state index contributed by atoms with van der Waals surface area (Å²) in [6.07, 6.45) is 2.17. The van der Waals surface area contributed by atoms with Crippen molar-refractivity contribution in [2.24, 2.45) is 5.73 Å². The predicted octanol–water partition coefficient (Wildman–Crippen LogP) is 1.66. The molecule has 126 valence electrons. The maximum atomic E-state index is 12.5. The molecule has 1 heterocycles. The van der Waals surface area contributed by atoms with Crippen LogP contribution < -0.4 is 5.73 Å². The van der Waals surface area contributed by atoms with E-state index in [0.717, 1.165) is 12.0 Å². The summed E-state index contributed by atoms with van der Waals surface area (Å²) in [4.78, 5) is 28.3. The molecular formula is C18H27N3O2. The van der Waals surface area contributed by atoms with Crippen LogP contribution in [0, 0.1) is 0 Å². The van der Waals surface area contributed by atoms with Crippen molar-refractivity contribution in [3.05, 3.63) is 35.4 Å². The Labute approximate surface area is 138 Å². The molecule has 1 aromatic carbocycles. The number of carbonyl (C=O) groups excluding carboxylic acids is 2. The highest BCUT2D eigenvalue weighted by Gasteiger charge is 2.24. The lowest BCUT2D eigenvalue weighted by Crippen LogP contribution is -2.50. The number of nitrogens with two attached hydrogens (primary N) is 1. The van der Waals surface area contributed by atoms with Crippen LogP contribution in [-0.4, -0.2) is 53.8 Å². The molecule has 2 N–H and O–H groups in total. The molecule has 1 atom stereocenters. The zero-order valence-corrected chi connectivity index (χ0v) is 14.1. The molecule has 1 saturated heterocycles. The lowest BCUT2D eigenvalue weighted by Gasteiger charge is -2.35. The summed E-state index contributed by atoms with van der Waals surface area (Å²) in [6, 6.07) is 7.83. The molecule has 0 spiro atoms. The maximum absolute atomic E-state index is 12.5. The lowest BCUT2D eigenvalue weighted by atomic mass is 10.1. The van der Waals surface area contributed by atoms with Gasteiger partial charge in [0, 0.05) is 44.2 Å². The Balaban J connectivity index is 1.85. The molecule has 2 amide bonds. The van der Waals surface area contributed by atoms with Crippen molar-refractivity contribution in [1.29, 1.82) is 0 Å². The Bertz CT molecular complexity index is 532. The van der Waals surface area contributed by atoms with Gasteiger partial charge in [0.2, 0.25) is 5.91 Å². The third-order valence-electron chi connectivity index (χ3n) is 4.34. The van der Waals surface area contributed by atoms with Crippen molar-refractivity contribution in [1.82, 2.24) is 9.80 Å². The van der Waals surface area contributed by atoms with Gasteiger partial charge in [0.1, 0.15) is 0 Å². The van der Waals surface area contributed by atoms with Gasteiger partial charge in [0.25, 0.3) is 5.91 Å². The molecule has 5 heteroatoms. The minimum absolute atomic E-state index is 0.0490. The fourth-order valence-electron chi connectivity index (χ4n) is 2.73. The summed E-state index contributed by atoms with van der Waals surface area (Å²) >= 11 is 0. The van der Waals surface area contributed by atoms with Crippen molar-refractivity contribution in [2.75, 3.05) is 26.2 Å². The minimum atomic E-state index is 0.0490. The largest absolute Gasteiger partial charge is 0.339 e. The number of amides is 2. The monoisotopic (exact) mass is 317 g/mol. The summed E-state index contributed by atoms with van der Waals surface area (Å²) < 4.78 is 0. The third-order valence-corrected chi connectivity index (χ3v) is 4.34. The number of hydrogen-bond donors (Lipinski definition) is 1. The van der Waals surface area contributed by atoms with Gasteiger partial charge in [0.05, 0.1) is 0 Å². The van der Waals surface area contributed by atoms with E-state index in [4.69, 9.17) is 5.73 Å². The maximum Gasteiger partial charge on any atom is 0.253 e. The minimum Gasteiger partial charge on any atom is -0.339 e. The number of carbonyl (C=O) groups is 2. The predicted molar refractivity (Wildman–Crippen MR) is 91.2 cm³/mol. The third kappa shape index (κ3) is 4.79. The Morgan fingerprint density at radius 3 is 2.17 bits per heavy atom. The fraction of sp³-hybridized carbons (Fsp3) is 0.556. The number of hydrogen-bond acceptors (Lipinski definition) is 3. The van der Waals surface area contributed by atoms with E-state index in [1.807, 2.05) is 41.0 Å². The highest BCUT2D eigenvalue weighted by molar-refractivity contribution is 5.94. The van der Waals surface area contributed by atoms with Gasteiger partial charge >= 0.3 is 0 Å². The molecular weight excluding hydrogens is 290 g/mol. The number of aryl methyl sites for hydroxylation is 1. The van der Waals surface area contributed by atoms with E-state index in [-0.39, 0.29) is 17.9 Å². The van der Waals surface area contributed by atoms with E-state index in [1.54, 1.807) is 0 Å². The molecule has 1 aromatic rings. The molecule has 1 aliphatic heterocycles. The summed E-state index contributed by atoms with van der Waals surface area (Å²) in [5.74, 6) is 0.192. The topological polar surface area (TPSA) is 66.6 Å². The summed E-state index contributed by atoms with van der Waals surface area (Å²) in [5, 5.41) is 0. The molecule has 1 unspecified atom stereocenters. The average Bonchev–Trinajstić information content (AvgIpc) is 2.59. The molecule has 0 radical (unpaired) electrons. The zero-order valence-electron chi connectivity index (χ0n) is 14.1. The van der Waals surface area contributed by atoms with Gasteiger partial charge < -0.3 is 15.5 Å². The first-order valence-corrected chi connectivity index (χ1v) is 8.42. The van der Waals surface area contributed by atoms with E-state index in [1.165, 1.54) is 5.56 Å². The number of nitrogens with zero attached hydrogens (tertiary/aromatic N) is 2. The van der Waals surface area contributed by atoms with E-state index in [9.17, 15) is 9.59 Å². The normalized spacial score (nSPS) is 16.3. The lowest BCUT2D eigenvalue weighted by molar-refractivity contribution is -0.132. The molecule has 1 fully saturated rings. The Morgan fingerprint density at radius 2 is 1.65 bits per heavy atom.